The maximum atomic E-state index is 14.8. The van der Waals surface area contributed by atoms with Crippen molar-refractivity contribution < 1.29 is 18.3 Å². The Morgan fingerprint density at radius 1 is 1.00 bits per heavy atom. The van der Waals surface area contributed by atoms with Gasteiger partial charge in [-0.3, -0.25) is 4.90 Å². The molecule has 140 valence electrons. The van der Waals surface area contributed by atoms with Gasteiger partial charge < -0.3 is 14.8 Å². The van der Waals surface area contributed by atoms with Crippen LogP contribution in [0, 0.1) is 11.6 Å². The highest BCUT2D eigenvalue weighted by Crippen LogP contribution is 2.39. The third-order valence-electron chi connectivity index (χ3n) is 4.95. The van der Waals surface area contributed by atoms with Crippen molar-refractivity contribution in [3.63, 3.8) is 0 Å². The molecule has 0 aromatic heterocycles. The highest BCUT2D eigenvalue weighted by Gasteiger charge is 2.35. The Morgan fingerprint density at radius 3 is 2.08 bits per heavy atom. The van der Waals surface area contributed by atoms with Crippen LogP contribution < -0.4 is 14.8 Å². The summed E-state index contributed by atoms with van der Waals surface area (Å²) in [7, 11) is 3.01. The molecular weight excluding hydrogens is 338 g/mol. The number of hydrogen-bond acceptors (Lipinski definition) is 4. The molecule has 0 unspecified atom stereocenters. The van der Waals surface area contributed by atoms with Crippen LogP contribution in [0.3, 0.4) is 0 Å². The summed E-state index contributed by atoms with van der Waals surface area (Å²) in [5.41, 5.74) is 1.03. The Balaban J connectivity index is 2.05. The Labute approximate surface area is 152 Å². The van der Waals surface area contributed by atoms with E-state index in [9.17, 15) is 8.78 Å². The first kappa shape index (κ1) is 18.6. The number of hydrogen-bond donors (Lipinski definition) is 1. The Bertz CT molecular complexity index is 769. The van der Waals surface area contributed by atoms with Crippen LogP contribution >= 0.6 is 0 Å². The summed E-state index contributed by atoms with van der Waals surface area (Å²) in [5.74, 6) is 0.209. The first-order valence-corrected chi connectivity index (χ1v) is 8.73. The number of nitrogens with zero attached hydrogens (tertiary/aromatic N) is 1. The summed E-state index contributed by atoms with van der Waals surface area (Å²) in [6.45, 7) is 4.24. The first-order valence-electron chi connectivity index (χ1n) is 8.73. The molecule has 0 aliphatic carbocycles. The van der Waals surface area contributed by atoms with Crippen LogP contribution in [0.5, 0.6) is 11.5 Å². The second kappa shape index (κ2) is 8.01. The minimum absolute atomic E-state index is 0.317. The van der Waals surface area contributed by atoms with E-state index in [-0.39, 0.29) is 23.7 Å². The number of likely N-dealkylation sites (N-methyl/N-ethyl adjacent to an activating group) is 1. The van der Waals surface area contributed by atoms with Crippen molar-refractivity contribution in [1.82, 2.24) is 10.2 Å². The number of methoxy groups -OCH3 is 2. The quantitative estimate of drug-likeness (QED) is 0.880. The zero-order valence-corrected chi connectivity index (χ0v) is 15.3. The van der Waals surface area contributed by atoms with Crippen molar-refractivity contribution in [2.75, 3.05) is 33.9 Å². The molecule has 2 atom stereocenters. The summed E-state index contributed by atoms with van der Waals surface area (Å²) >= 11 is 0. The van der Waals surface area contributed by atoms with Gasteiger partial charge in [-0.2, -0.15) is 0 Å². The normalized spacial score (nSPS) is 20.8. The lowest BCUT2D eigenvalue weighted by Gasteiger charge is -2.42. The molecule has 2 aromatic carbocycles. The van der Waals surface area contributed by atoms with E-state index in [0.29, 0.717) is 29.2 Å². The maximum absolute atomic E-state index is 14.8. The average Bonchev–Trinajstić information content (AvgIpc) is 2.67. The minimum Gasteiger partial charge on any atom is -0.497 e. The smallest absolute Gasteiger partial charge is 0.131 e. The van der Waals surface area contributed by atoms with Crippen LogP contribution in [0.25, 0.3) is 0 Å². The number of benzene rings is 2. The molecule has 1 fully saturated rings. The van der Waals surface area contributed by atoms with Crippen LogP contribution in [-0.2, 0) is 0 Å². The van der Waals surface area contributed by atoms with Crippen molar-refractivity contribution >= 4 is 0 Å². The molecule has 4 nitrogen and oxygen atoms in total. The van der Waals surface area contributed by atoms with Gasteiger partial charge in [-0.15, -0.1) is 0 Å². The van der Waals surface area contributed by atoms with Crippen LogP contribution in [0.4, 0.5) is 8.78 Å². The molecule has 6 heteroatoms. The summed E-state index contributed by atoms with van der Waals surface area (Å²) < 4.78 is 39.7. The Kier molecular flexibility index (Phi) is 5.74. The summed E-state index contributed by atoms with van der Waals surface area (Å²) in [5, 5.41) is 3.36. The number of ether oxygens (including phenoxy) is 2. The van der Waals surface area contributed by atoms with Crippen molar-refractivity contribution in [2.45, 2.75) is 19.0 Å². The first-order chi connectivity index (χ1) is 12.6. The molecule has 0 radical (unpaired) electrons. The largest absolute Gasteiger partial charge is 0.497 e. The molecule has 0 amide bonds. The molecule has 3 rings (SSSR count). The van der Waals surface area contributed by atoms with Gasteiger partial charge in [0, 0.05) is 36.3 Å². The highest BCUT2D eigenvalue weighted by molar-refractivity contribution is 5.37. The molecule has 1 saturated heterocycles. The van der Waals surface area contributed by atoms with Crippen LogP contribution in [0.15, 0.2) is 36.4 Å². The lowest BCUT2D eigenvalue weighted by atomic mass is 9.89. The zero-order chi connectivity index (χ0) is 18.7. The van der Waals surface area contributed by atoms with Gasteiger partial charge in [0.1, 0.15) is 23.1 Å². The zero-order valence-electron chi connectivity index (χ0n) is 15.3. The van der Waals surface area contributed by atoms with Gasteiger partial charge in [0.2, 0.25) is 0 Å². The van der Waals surface area contributed by atoms with E-state index < -0.39 is 0 Å². The molecule has 1 aliphatic rings. The second-order valence-corrected chi connectivity index (χ2v) is 6.28. The van der Waals surface area contributed by atoms with E-state index >= 15 is 0 Å². The Morgan fingerprint density at radius 2 is 1.58 bits per heavy atom. The van der Waals surface area contributed by atoms with Gasteiger partial charge in [-0.05, 0) is 18.7 Å². The van der Waals surface area contributed by atoms with E-state index in [0.717, 1.165) is 13.1 Å². The third-order valence-corrected chi connectivity index (χ3v) is 4.95. The molecule has 0 spiro atoms. The number of rotatable bonds is 5. The van der Waals surface area contributed by atoms with E-state index in [4.69, 9.17) is 9.47 Å². The summed E-state index contributed by atoms with van der Waals surface area (Å²) in [6.07, 6.45) is 0. The Hall–Kier alpha value is -2.18. The standard InChI is InChI=1S/C20H24F2N2O2/c1-4-24-10-9-23-19(15-7-5-13(25-2)11-17(15)21)20(24)16-8-6-14(26-3)12-18(16)22/h5-8,11-12,19-20,23H,4,9-10H2,1-3H3/t19-,20+/m1/s1. The monoisotopic (exact) mass is 362 g/mol. The van der Waals surface area contributed by atoms with Gasteiger partial charge in [-0.1, -0.05) is 19.1 Å². The van der Waals surface area contributed by atoms with Crippen molar-refractivity contribution in [2.24, 2.45) is 0 Å². The predicted molar refractivity (Wildman–Crippen MR) is 96.6 cm³/mol. The molecule has 2 aromatic rings. The lowest BCUT2D eigenvalue weighted by Crippen LogP contribution is -2.48. The predicted octanol–water partition coefficient (Wildman–Crippen LogP) is 3.69. The van der Waals surface area contributed by atoms with Crippen LogP contribution in [0.1, 0.15) is 30.1 Å². The van der Waals surface area contributed by atoms with Gasteiger partial charge in [0.05, 0.1) is 26.3 Å². The molecule has 1 N–H and O–H groups in total. The minimum atomic E-state index is -0.363. The third kappa shape index (κ3) is 3.52. The van der Waals surface area contributed by atoms with E-state index in [1.54, 1.807) is 24.3 Å². The van der Waals surface area contributed by atoms with Gasteiger partial charge in [0.15, 0.2) is 0 Å². The molecular formula is C20H24F2N2O2. The molecule has 1 aliphatic heterocycles. The lowest BCUT2D eigenvalue weighted by molar-refractivity contribution is 0.121. The summed E-state index contributed by atoms with van der Waals surface area (Å²) in [6, 6.07) is 8.96. The van der Waals surface area contributed by atoms with Gasteiger partial charge in [-0.25, -0.2) is 8.78 Å². The van der Waals surface area contributed by atoms with Crippen LogP contribution in [0.2, 0.25) is 0 Å². The average molecular weight is 362 g/mol. The van der Waals surface area contributed by atoms with Gasteiger partial charge in [0.25, 0.3) is 0 Å². The van der Waals surface area contributed by atoms with Crippen LogP contribution in [-0.4, -0.2) is 38.8 Å². The molecule has 1 heterocycles. The number of nitrogens with one attached hydrogen (secondary N) is 1. The van der Waals surface area contributed by atoms with Crippen molar-refractivity contribution in [3.05, 3.63) is 59.2 Å². The fourth-order valence-electron chi connectivity index (χ4n) is 3.60. The fraction of sp³-hybridized carbons (Fsp3) is 0.400. The van der Waals surface area contributed by atoms with E-state index in [2.05, 4.69) is 10.2 Å². The number of piperazine rings is 1. The maximum Gasteiger partial charge on any atom is 0.131 e. The van der Waals surface area contributed by atoms with E-state index in [1.807, 2.05) is 6.92 Å². The van der Waals surface area contributed by atoms with Crippen molar-refractivity contribution in [3.8, 4) is 11.5 Å². The topological polar surface area (TPSA) is 33.7 Å². The van der Waals surface area contributed by atoms with Crippen molar-refractivity contribution in [1.29, 1.82) is 0 Å². The van der Waals surface area contributed by atoms with E-state index in [1.165, 1.54) is 26.4 Å². The SMILES string of the molecule is CCN1CCN[C@H](c2ccc(OC)cc2F)[C@@H]1c1ccc(OC)cc1F. The molecule has 26 heavy (non-hydrogen) atoms. The molecule has 0 bridgehead atoms. The molecule has 0 saturated carbocycles. The second-order valence-electron chi connectivity index (χ2n) is 6.28. The number of halogens is 2. The fourth-order valence-corrected chi connectivity index (χ4v) is 3.60. The highest BCUT2D eigenvalue weighted by atomic mass is 19.1. The van der Waals surface area contributed by atoms with Gasteiger partial charge >= 0.3 is 0 Å². The summed E-state index contributed by atoms with van der Waals surface area (Å²) in [4.78, 5) is 2.16.